The molecule has 2 aromatic carbocycles. The van der Waals surface area contributed by atoms with Gasteiger partial charge in [-0.15, -0.1) is 11.8 Å². The first-order valence-electron chi connectivity index (χ1n) is 9.73. The van der Waals surface area contributed by atoms with Crippen molar-refractivity contribution in [3.8, 4) is 11.4 Å². The Labute approximate surface area is 174 Å². The zero-order chi connectivity index (χ0) is 20.2. The molecule has 0 unspecified atom stereocenters. The highest BCUT2D eigenvalue weighted by Gasteiger charge is 2.28. The lowest BCUT2D eigenvalue weighted by Gasteiger charge is -2.31. The second-order valence-corrected chi connectivity index (χ2v) is 8.15. The summed E-state index contributed by atoms with van der Waals surface area (Å²) in [4.78, 5) is 20.3. The molecule has 7 heteroatoms. The molecule has 0 saturated carbocycles. The topological polar surface area (TPSA) is 71.3 Å². The molecular weight excluding hydrogens is 384 g/mol. The minimum absolute atomic E-state index is 0.0550. The van der Waals surface area contributed by atoms with Crippen molar-refractivity contribution < 1.29 is 9.32 Å². The molecule has 4 rings (SSSR count). The van der Waals surface area contributed by atoms with Crippen molar-refractivity contribution in [1.29, 1.82) is 0 Å². The van der Waals surface area contributed by atoms with Gasteiger partial charge in [0.25, 0.3) is 0 Å². The zero-order valence-electron chi connectivity index (χ0n) is 16.6. The Morgan fingerprint density at radius 2 is 2.07 bits per heavy atom. The number of likely N-dealkylation sites (tertiary alicyclic amines) is 1. The molecule has 1 saturated heterocycles. The summed E-state index contributed by atoms with van der Waals surface area (Å²) < 4.78 is 5.55. The number of aryl methyl sites for hydroxylation is 1. The Hall–Kier alpha value is -2.80. The largest absolute Gasteiger partial charge is 0.339 e. The van der Waals surface area contributed by atoms with Crippen molar-refractivity contribution >= 4 is 23.5 Å². The molecule has 29 heavy (non-hydrogen) atoms. The lowest BCUT2D eigenvalue weighted by atomic mass is 9.98. The van der Waals surface area contributed by atoms with Crippen LogP contribution in [0.1, 0.15) is 30.2 Å². The molecule has 1 aliphatic heterocycles. The van der Waals surface area contributed by atoms with E-state index in [1.54, 1.807) is 11.8 Å². The second kappa shape index (κ2) is 8.69. The molecule has 2 heterocycles. The van der Waals surface area contributed by atoms with Crippen molar-refractivity contribution in [2.75, 3.05) is 24.7 Å². The number of nitrogens with one attached hydrogen (secondary N) is 1. The number of carbonyl (C=O) groups excluding carboxylic acids is 1. The molecule has 3 aromatic rings. The van der Waals surface area contributed by atoms with Gasteiger partial charge in [-0.05, 0) is 56.4 Å². The van der Waals surface area contributed by atoms with Crippen LogP contribution < -0.4 is 5.32 Å². The fourth-order valence-electron chi connectivity index (χ4n) is 3.54. The van der Waals surface area contributed by atoms with E-state index >= 15 is 0 Å². The van der Waals surface area contributed by atoms with E-state index in [9.17, 15) is 4.79 Å². The highest BCUT2D eigenvalue weighted by atomic mass is 32.2. The molecule has 1 aromatic heterocycles. The van der Waals surface area contributed by atoms with Crippen molar-refractivity contribution in [1.82, 2.24) is 15.0 Å². The van der Waals surface area contributed by atoms with Crippen LogP contribution in [-0.4, -0.2) is 40.4 Å². The van der Waals surface area contributed by atoms with Crippen molar-refractivity contribution in [3.05, 3.63) is 60.0 Å². The van der Waals surface area contributed by atoms with Crippen LogP contribution in [0, 0.1) is 6.92 Å². The summed E-state index contributed by atoms with van der Waals surface area (Å²) in [6, 6.07) is 15.8. The summed E-state index contributed by atoms with van der Waals surface area (Å²) in [6.07, 6.45) is 3.87. The van der Waals surface area contributed by atoms with Gasteiger partial charge in [0.05, 0.1) is 5.92 Å². The molecule has 0 radical (unpaired) electrons. The van der Waals surface area contributed by atoms with Gasteiger partial charge in [-0.25, -0.2) is 4.79 Å². The average Bonchev–Trinajstić information content (AvgIpc) is 3.25. The highest BCUT2D eigenvalue weighted by molar-refractivity contribution is 7.98. The van der Waals surface area contributed by atoms with Gasteiger partial charge >= 0.3 is 6.03 Å². The molecule has 0 spiro atoms. The summed E-state index contributed by atoms with van der Waals surface area (Å²) in [5, 5.41) is 7.13. The highest BCUT2D eigenvalue weighted by Crippen LogP contribution is 2.28. The Morgan fingerprint density at radius 1 is 1.24 bits per heavy atom. The molecule has 1 aliphatic rings. The number of anilines is 1. The Morgan fingerprint density at radius 3 is 2.83 bits per heavy atom. The van der Waals surface area contributed by atoms with Crippen molar-refractivity contribution in [2.24, 2.45) is 0 Å². The number of rotatable bonds is 4. The third kappa shape index (κ3) is 4.62. The van der Waals surface area contributed by atoms with Crippen LogP contribution in [0.2, 0.25) is 0 Å². The minimum atomic E-state index is -0.0926. The van der Waals surface area contributed by atoms with Gasteiger partial charge in [0, 0.05) is 29.2 Å². The summed E-state index contributed by atoms with van der Waals surface area (Å²) in [5.74, 6) is 1.25. The standard InChI is InChI=1S/C22H24N4O2S/c1-15-5-3-6-16(13-15)20-24-21(28-25-20)17-7-4-12-26(14-17)22(27)23-18-8-10-19(29-2)11-9-18/h3,5-6,8-11,13,17H,4,7,12,14H2,1-2H3,(H,23,27)/t17-/m1/s1. The maximum atomic E-state index is 12.7. The lowest BCUT2D eigenvalue weighted by Crippen LogP contribution is -2.41. The molecule has 1 atom stereocenters. The fraction of sp³-hybridized carbons (Fsp3) is 0.318. The number of aromatic nitrogens is 2. The van der Waals surface area contributed by atoms with Crippen LogP contribution in [0.25, 0.3) is 11.4 Å². The van der Waals surface area contributed by atoms with Crippen LogP contribution in [0.5, 0.6) is 0 Å². The van der Waals surface area contributed by atoms with Gasteiger partial charge in [-0.3, -0.25) is 0 Å². The summed E-state index contributed by atoms with van der Waals surface area (Å²) in [7, 11) is 0. The van der Waals surface area contributed by atoms with Gasteiger partial charge in [-0.1, -0.05) is 28.9 Å². The van der Waals surface area contributed by atoms with Gasteiger partial charge in [0.1, 0.15) is 0 Å². The van der Waals surface area contributed by atoms with E-state index in [-0.39, 0.29) is 11.9 Å². The van der Waals surface area contributed by atoms with Gasteiger partial charge in [0.15, 0.2) is 0 Å². The first-order valence-corrected chi connectivity index (χ1v) is 11.0. The molecule has 6 nitrogen and oxygen atoms in total. The number of hydrogen-bond donors (Lipinski definition) is 1. The molecule has 1 fully saturated rings. The molecular formula is C22H24N4O2S. The number of thioether (sulfide) groups is 1. The summed E-state index contributed by atoms with van der Waals surface area (Å²) in [6.45, 7) is 3.34. The van der Waals surface area contributed by atoms with Crippen LogP contribution in [-0.2, 0) is 0 Å². The number of hydrogen-bond acceptors (Lipinski definition) is 5. The smallest absolute Gasteiger partial charge is 0.321 e. The lowest BCUT2D eigenvalue weighted by molar-refractivity contribution is 0.184. The third-order valence-electron chi connectivity index (χ3n) is 5.12. The van der Waals surface area contributed by atoms with Crippen LogP contribution in [0.3, 0.4) is 0 Å². The van der Waals surface area contributed by atoms with Gasteiger partial charge in [-0.2, -0.15) is 4.98 Å². The maximum Gasteiger partial charge on any atom is 0.321 e. The normalized spacial score (nSPS) is 16.6. The van der Waals surface area contributed by atoms with E-state index in [4.69, 9.17) is 4.52 Å². The molecule has 1 N–H and O–H groups in total. The predicted molar refractivity (Wildman–Crippen MR) is 115 cm³/mol. The summed E-state index contributed by atoms with van der Waals surface area (Å²) >= 11 is 1.68. The Balaban J connectivity index is 1.42. The number of nitrogens with zero attached hydrogens (tertiary/aromatic N) is 3. The van der Waals surface area contributed by atoms with E-state index < -0.39 is 0 Å². The van der Waals surface area contributed by atoms with Crippen molar-refractivity contribution in [2.45, 2.75) is 30.6 Å². The van der Waals surface area contributed by atoms with Crippen LogP contribution in [0.4, 0.5) is 10.5 Å². The Kier molecular flexibility index (Phi) is 5.85. The van der Waals surface area contributed by atoms with E-state index in [1.807, 2.05) is 66.6 Å². The molecule has 2 amide bonds. The zero-order valence-corrected chi connectivity index (χ0v) is 17.4. The van der Waals surface area contributed by atoms with Gasteiger partial charge in [0.2, 0.25) is 11.7 Å². The predicted octanol–water partition coefficient (Wildman–Crippen LogP) is 5.18. The van der Waals surface area contributed by atoms with Crippen LogP contribution in [0.15, 0.2) is 57.9 Å². The quantitative estimate of drug-likeness (QED) is 0.603. The maximum absolute atomic E-state index is 12.7. The van der Waals surface area contributed by atoms with Crippen LogP contribution >= 0.6 is 11.8 Å². The van der Waals surface area contributed by atoms with Gasteiger partial charge < -0.3 is 14.7 Å². The average molecular weight is 409 g/mol. The number of piperidine rings is 1. The Bertz CT molecular complexity index is 986. The monoisotopic (exact) mass is 408 g/mol. The molecule has 150 valence electrons. The second-order valence-electron chi connectivity index (χ2n) is 7.27. The fourth-order valence-corrected chi connectivity index (χ4v) is 3.95. The summed E-state index contributed by atoms with van der Waals surface area (Å²) in [5.41, 5.74) is 2.90. The van der Waals surface area contributed by atoms with E-state index in [1.165, 1.54) is 4.90 Å². The first-order chi connectivity index (χ1) is 14.1. The number of urea groups is 1. The van der Waals surface area contributed by atoms with Crippen molar-refractivity contribution in [3.63, 3.8) is 0 Å². The number of carbonyl (C=O) groups is 1. The third-order valence-corrected chi connectivity index (χ3v) is 5.86. The minimum Gasteiger partial charge on any atom is -0.339 e. The van der Waals surface area contributed by atoms with E-state index in [0.29, 0.717) is 18.3 Å². The number of benzene rings is 2. The van der Waals surface area contributed by atoms with E-state index in [2.05, 4.69) is 15.5 Å². The first kappa shape index (κ1) is 19.5. The van der Waals surface area contributed by atoms with E-state index in [0.717, 1.165) is 36.2 Å². The SMILES string of the molecule is CSc1ccc(NC(=O)N2CCC[C@@H](c3nc(-c4cccc(C)c4)no3)C2)cc1. The molecule has 0 aliphatic carbocycles. The molecule has 0 bridgehead atoms. The number of amides is 2.